The van der Waals surface area contributed by atoms with Crippen LogP contribution in [0.1, 0.15) is 17.5 Å². The largest absolute Gasteiger partial charge is 0.493 e. The number of fused-ring (bicyclic) bond motifs is 1. The summed E-state index contributed by atoms with van der Waals surface area (Å²) in [5, 5.41) is 6.15. The van der Waals surface area contributed by atoms with E-state index in [1.54, 1.807) is 43.5 Å². The van der Waals surface area contributed by atoms with Crippen molar-refractivity contribution in [1.82, 2.24) is 5.32 Å². The van der Waals surface area contributed by atoms with E-state index >= 15 is 0 Å². The Kier molecular flexibility index (Phi) is 6.38. The topological polar surface area (TPSA) is 89.8 Å². The third-order valence-electron chi connectivity index (χ3n) is 3.88. The van der Waals surface area contributed by atoms with E-state index in [0.717, 1.165) is 5.39 Å². The van der Waals surface area contributed by atoms with Gasteiger partial charge >= 0.3 is 0 Å². The highest BCUT2D eigenvalue weighted by Crippen LogP contribution is 2.28. The highest BCUT2D eigenvalue weighted by atomic mass is 16.5. The maximum atomic E-state index is 12.2. The predicted molar refractivity (Wildman–Crippen MR) is 109 cm³/mol. The van der Waals surface area contributed by atoms with Crippen LogP contribution < -0.4 is 20.1 Å². The van der Waals surface area contributed by atoms with Gasteiger partial charge in [-0.25, -0.2) is 0 Å². The van der Waals surface area contributed by atoms with E-state index in [4.69, 9.17) is 13.9 Å². The number of amides is 2. The molecular formula is C22H20N2O5. The summed E-state index contributed by atoms with van der Waals surface area (Å²) in [6.07, 6.45) is 0. The molecule has 0 aliphatic rings. The summed E-state index contributed by atoms with van der Waals surface area (Å²) in [6, 6.07) is 14.1. The summed E-state index contributed by atoms with van der Waals surface area (Å²) in [5.74, 6) is 6.48. The number of hydrogen-bond donors (Lipinski definition) is 2. The summed E-state index contributed by atoms with van der Waals surface area (Å²) < 4.78 is 16.3. The lowest BCUT2D eigenvalue weighted by atomic mass is 10.2. The van der Waals surface area contributed by atoms with Gasteiger partial charge in [0.1, 0.15) is 12.4 Å². The normalized spacial score (nSPS) is 10.0. The van der Waals surface area contributed by atoms with Crippen molar-refractivity contribution in [3.8, 4) is 23.3 Å². The molecule has 1 aromatic heterocycles. The molecule has 3 aromatic rings. The second kappa shape index (κ2) is 9.33. The Morgan fingerprint density at radius 3 is 2.72 bits per heavy atom. The van der Waals surface area contributed by atoms with E-state index in [-0.39, 0.29) is 30.7 Å². The number of benzene rings is 2. The third-order valence-corrected chi connectivity index (χ3v) is 3.88. The first-order valence-electron chi connectivity index (χ1n) is 8.88. The number of carbonyl (C=O) groups excluding carboxylic acids is 2. The molecular weight excluding hydrogens is 372 g/mol. The van der Waals surface area contributed by atoms with Crippen LogP contribution in [0.15, 0.2) is 52.9 Å². The first-order valence-corrected chi connectivity index (χ1v) is 8.88. The summed E-state index contributed by atoms with van der Waals surface area (Å²) in [5.41, 5.74) is 1.18. The van der Waals surface area contributed by atoms with Crippen LogP contribution >= 0.6 is 0 Å². The Hall–Kier alpha value is -3.92. The molecule has 0 aliphatic heterocycles. The third kappa shape index (κ3) is 5.30. The fraction of sp³-hybridized carbons (Fsp3) is 0.182. The highest BCUT2D eigenvalue weighted by Gasteiger charge is 2.13. The van der Waals surface area contributed by atoms with Crippen LogP contribution in [0.25, 0.3) is 11.0 Å². The molecule has 29 heavy (non-hydrogen) atoms. The number of carbonyl (C=O) groups is 2. The van der Waals surface area contributed by atoms with E-state index in [1.165, 1.54) is 6.92 Å². The van der Waals surface area contributed by atoms with Crippen molar-refractivity contribution in [2.24, 2.45) is 0 Å². The first kappa shape index (κ1) is 19.8. The van der Waals surface area contributed by atoms with Gasteiger partial charge in [-0.15, -0.1) is 0 Å². The standard InChI is InChI=1S/C22H20N2O5/c1-15(25)24-17-8-6-9-18(14-17)28-12-4-3-11-23-22(26)20-13-16-7-5-10-19(27-2)21(16)29-20/h5-10,13-14H,11-12H2,1-2H3,(H,23,26)(H,24,25). The van der Waals surface area contributed by atoms with E-state index < -0.39 is 0 Å². The fourth-order valence-corrected chi connectivity index (χ4v) is 2.62. The molecule has 0 saturated heterocycles. The zero-order chi connectivity index (χ0) is 20.6. The average molecular weight is 392 g/mol. The van der Waals surface area contributed by atoms with E-state index in [0.29, 0.717) is 22.8 Å². The molecule has 0 fully saturated rings. The number of anilines is 1. The summed E-state index contributed by atoms with van der Waals surface area (Å²) in [6.45, 7) is 1.75. The number of rotatable bonds is 6. The van der Waals surface area contributed by atoms with Crippen LogP contribution in [0.3, 0.4) is 0 Å². The highest BCUT2D eigenvalue weighted by molar-refractivity contribution is 5.97. The molecule has 0 unspecified atom stereocenters. The minimum Gasteiger partial charge on any atom is -0.493 e. The van der Waals surface area contributed by atoms with Gasteiger partial charge in [-0.05, 0) is 24.3 Å². The maximum Gasteiger partial charge on any atom is 0.287 e. The zero-order valence-electron chi connectivity index (χ0n) is 16.1. The van der Waals surface area contributed by atoms with Crippen LogP contribution in [-0.2, 0) is 4.79 Å². The molecule has 3 rings (SSSR count). The molecule has 2 amide bonds. The molecule has 0 bridgehead atoms. The Balaban J connectivity index is 1.49. The van der Waals surface area contributed by atoms with Gasteiger partial charge in [0, 0.05) is 24.1 Å². The molecule has 0 saturated carbocycles. The minimum atomic E-state index is -0.360. The van der Waals surface area contributed by atoms with Crippen molar-refractivity contribution in [2.45, 2.75) is 6.92 Å². The molecule has 7 nitrogen and oxygen atoms in total. The van der Waals surface area contributed by atoms with Gasteiger partial charge in [-0.3, -0.25) is 9.59 Å². The molecule has 7 heteroatoms. The van der Waals surface area contributed by atoms with Crippen molar-refractivity contribution in [3.05, 3.63) is 54.3 Å². The number of hydrogen-bond acceptors (Lipinski definition) is 5. The fourth-order valence-electron chi connectivity index (χ4n) is 2.62. The van der Waals surface area contributed by atoms with Gasteiger partial charge in [-0.1, -0.05) is 30.0 Å². The lowest BCUT2D eigenvalue weighted by Crippen LogP contribution is -2.23. The summed E-state index contributed by atoms with van der Waals surface area (Å²) >= 11 is 0. The lowest BCUT2D eigenvalue weighted by molar-refractivity contribution is -0.114. The Morgan fingerprint density at radius 2 is 1.93 bits per heavy atom. The second-order valence-electron chi connectivity index (χ2n) is 6.02. The number of furan rings is 1. The molecule has 2 aromatic carbocycles. The van der Waals surface area contributed by atoms with Crippen molar-refractivity contribution in [3.63, 3.8) is 0 Å². The Bertz CT molecular complexity index is 1090. The van der Waals surface area contributed by atoms with E-state index in [1.807, 2.05) is 12.1 Å². The summed E-state index contributed by atoms with van der Waals surface area (Å²) in [7, 11) is 1.55. The van der Waals surface area contributed by atoms with Crippen LogP contribution in [0, 0.1) is 11.8 Å². The van der Waals surface area contributed by atoms with Gasteiger partial charge in [0.25, 0.3) is 5.91 Å². The predicted octanol–water partition coefficient (Wildman–Crippen LogP) is 3.21. The quantitative estimate of drug-likeness (QED) is 0.629. The second-order valence-corrected chi connectivity index (χ2v) is 6.02. The van der Waals surface area contributed by atoms with Crippen LogP contribution in [0.4, 0.5) is 5.69 Å². The van der Waals surface area contributed by atoms with Crippen molar-refractivity contribution in [1.29, 1.82) is 0 Å². The zero-order valence-corrected chi connectivity index (χ0v) is 16.1. The molecule has 0 radical (unpaired) electrons. The minimum absolute atomic E-state index is 0.152. The van der Waals surface area contributed by atoms with Crippen LogP contribution in [0.2, 0.25) is 0 Å². The van der Waals surface area contributed by atoms with Crippen molar-refractivity contribution < 1.29 is 23.5 Å². The number of methoxy groups -OCH3 is 1. The number of ether oxygens (including phenoxy) is 2. The number of nitrogens with one attached hydrogen (secondary N) is 2. The Labute approximate surface area is 168 Å². The SMILES string of the molecule is COc1cccc2cc(C(=O)NCC#CCOc3cccc(NC(C)=O)c3)oc12. The van der Waals surface area contributed by atoms with Gasteiger partial charge < -0.3 is 24.5 Å². The van der Waals surface area contributed by atoms with Crippen molar-refractivity contribution >= 4 is 28.5 Å². The van der Waals surface area contributed by atoms with Gasteiger partial charge in [-0.2, -0.15) is 0 Å². The van der Waals surface area contributed by atoms with Crippen LogP contribution in [0.5, 0.6) is 11.5 Å². The van der Waals surface area contributed by atoms with Gasteiger partial charge in [0.2, 0.25) is 5.91 Å². The average Bonchev–Trinajstić information content (AvgIpc) is 3.14. The molecule has 0 aliphatic carbocycles. The maximum absolute atomic E-state index is 12.2. The van der Waals surface area contributed by atoms with Gasteiger partial charge in [0.05, 0.1) is 13.7 Å². The molecule has 0 spiro atoms. The van der Waals surface area contributed by atoms with E-state index in [9.17, 15) is 9.59 Å². The molecule has 0 atom stereocenters. The van der Waals surface area contributed by atoms with Gasteiger partial charge in [0.15, 0.2) is 17.1 Å². The lowest BCUT2D eigenvalue weighted by Gasteiger charge is -2.05. The van der Waals surface area contributed by atoms with Crippen LogP contribution in [-0.4, -0.2) is 32.1 Å². The van der Waals surface area contributed by atoms with E-state index in [2.05, 4.69) is 22.5 Å². The monoisotopic (exact) mass is 392 g/mol. The molecule has 2 N–H and O–H groups in total. The first-order chi connectivity index (χ1) is 14.1. The molecule has 1 heterocycles. The van der Waals surface area contributed by atoms with Crippen molar-refractivity contribution in [2.75, 3.05) is 25.6 Å². The smallest absolute Gasteiger partial charge is 0.287 e. The number of para-hydroxylation sites is 1. The molecule has 148 valence electrons. The summed E-state index contributed by atoms with van der Waals surface area (Å²) in [4.78, 5) is 23.3. The Morgan fingerprint density at radius 1 is 1.10 bits per heavy atom.